The zero-order valence-electron chi connectivity index (χ0n) is 11.2. The fourth-order valence-electron chi connectivity index (χ4n) is 2.37. The van der Waals surface area contributed by atoms with Gasteiger partial charge in [-0.25, -0.2) is 4.98 Å². The van der Waals surface area contributed by atoms with Crippen molar-refractivity contribution in [1.29, 1.82) is 0 Å². The predicted molar refractivity (Wildman–Crippen MR) is 74.6 cm³/mol. The van der Waals surface area contributed by atoms with Crippen molar-refractivity contribution in [2.45, 2.75) is 51.7 Å². The third-order valence-electron chi connectivity index (χ3n) is 3.80. The van der Waals surface area contributed by atoms with Crippen molar-refractivity contribution in [3.63, 3.8) is 0 Å². The molecule has 3 nitrogen and oxygen atoms in total. The number of nitrogens with zero attached hydrogens (tertiary/aromatic N) is 2. The summed E-state index contributed by atoms with van der Waals surface area (Å²) in [5, 5.41) is 3.55. The summed E-state index contributed by atoms with van der Waals surface area (Å²) in [7, 11) is 0. The smallest absolute Gasteiger partial charge is 0.124 e. The lowest BCUT2D eigenvalue weighted by Gasteiger charge is -2.12. The van der Waals surface area contributed by atoms with Gasteiger partial charge in [0, 0.05) is 12.1 Å². The molecule has 18 heavy (non-hydrogen) atoms. The Hall–Kier alpha value is -1.35. The molecule has 0 radical (unpaired) electrons. The monoisotopic (exact) mass is 243 g/mol. The number of rotatable bonds is 5. The molecule has 0 aliphatic heterocycles. The summed E-state index contributed by atoms with van der Waals surface area (Å²) in [5.74, 6) is 1.19. The summed E-state index contributed by atoms with van der Waals surface area (Å²) in [5.41, 5.74) is 2.42. The van der Waals surface area contributed by atoms with Crippen LogP contribution in [0.3, 0.4) is 0 Å². The second-order valence-corrected chi connectivity index (χ2v) is 5.31. The first-order chi connectivity index (χ1) is 8.79. The van der Waals surface area contributed by atoms with E-state index in [9.17, 15) is 0 Å². The topological polar surface area (TPSA) is 29.9 Å². The molecule has 2 aromatic rings. The van der Waals surface area contributed by atoms with Gasteiger partial charge in [-0.1, -0.05) is 19.1 Å². The molecule has 1 N–H and O–H groups in total. The van der Waals surface area contributed by atoms with Gasteiger partial charge in [-0.05, 0) is 38.3 Å². The van der Waals surface area contributed by atoms with Gasteiger partial charge in [-0.3, -0.25) is 0 Å². The minimum Gasteiger partial charge on any atom is -0.324 e. The molecule has 0 bridgehead atoms. The summed E-state index contributed by atoms with van der Waals surface area (Å²) in [6, 6.07) is 9.71. The Balaban J connectivity index is 1.92. The number of nitrogens with one attached hydrogen (secondary N) is 1. The Morgan fingerprint density at radius 3 is 2.89 bits per heavy atom. The van der Waals surface area contributed by atoms with Gasteiger partial charge in [0.25, 0.3) is 0 Å². The lowest BCUT2D eigenvalue weighted by molar-refractivity contribution is 0.511. The molecule has 0 spiro atoms. The van der Waals surface area contributed by atoms with E-state index in [0.29, 0.717) is 12.1 Å². The average Bonchev–Trinajstić information content (AvgIpc) is 3.16. The molecule has 0 saturated heterocycles. The maximum absolute atomic E-state index is 4.78. The molecule has 0 amide bonds. The fourth-order valence-corrected chi connectivity index (χ4v) is 2.37. The van der Waals surface area contributed by atoms with Crippen molar-refractivity contribution in [2.24, 2.45) is 0 Å². The van der Waals surface area contributed by atoms with Crippen molar-refractivity contribution in [2.75, 3.05) is 0 Å². The van der Waals surface area contributed by atoms with Crippen LogP contribution in [-0.2, 0) is 6.54 Å². The highest BCUT2D eigenvalue weighted by Crippen LogP contribution is 2.38. The van der Waals surface area contributed by atoms with Crippen molar-refractivity contribution in [1.82, 2.24) is 14.9 Å². The van der Waals surface area contributed by atoms with Crippen LogP contribution in [0.1, 0.15) is 45.0 Å². The molecule has 3 heteroatoms. The van der Waals surface area contributed by atoms with E-state index in [1.54, 1.807) is 0 Å². The molecule has 3 rings (SSSR count). The van der Waals surface area contributed by atoms with E-state index in [2.05, 4.69) is 48.0 Å². The summed E-state index contributed by atoms with van der Waals surface area (Å²) in [6.45, 7) is 5.31. The van der Waals surface area contributed by atoms with Gasteiger partial charge in [-0.2, -0.15) is 0 Å². The van der Waals surface area contributed by atoms with E-state index >= 15 is 0 Å². The predicted octanol–water partition coefficient (Wildman–Crippen LogP) is 3.26. The summed E-state index contributed by atoms with van der Waals surface area (Å²) in [6.07, 6.45) is 3.76. The van der Waals surface area contributed by atoms with Gasteiger partial charge in [0.2, 0.25) is 0 Å². The van der Waals surface area contributed by atoms with Crippen molar-refractivity contribution < 1.29 is 0 Å². The van der Waals surface area contributed by atoms with Crippen LogP contribution >= 0.6 is 0 Å². The molecule has 1 saturated carbocycles. The minimum atomic E-state index is 0.553. The highest BCUT2D eigenvalue weighted by atomic mass is 15.2. The van der Waals surface area contributed by atoms with E-state index in [4.69, 9.17) is 4.98 Å². The fraction of sp³-hybridized carbons (Fsp3) is 0.533. The summed E-state index contributed by atoms with van der Waals surface area (Å²) < 4.78 is 2.44. The first kappa shape index (κ1) is 11.7. The lowest BCUT2D eigenvalue weighted by Crippen LogP contribution is -2.26. The lowest BCUT2D eigenvalue weighted by atomic mass is 10.2. The molecule has 1 atom stereocenters. The number of hydrogen-bond donors (Lipinski definition) is 1. The van der Waals surface area contributed by atoms with Gasteiger partial charge in [0.1, 0.15) is 5.82 Å². The van der Waals surface area contributed by atoms with Crippen molar-refractivity contribution in [3.05, 3.63) is 30.1 Å². The Morgan fingerprint density at radius 2 is 2.17 bits per heavy atom. The number of aromatic nitrogens is 2. The molecule has 1 heterocycles. The van der Waals surface area contributed by atoms with Crippen LogP contribution in [-0.4, -0.2) is 15.6 Å². The first-order valence-corrected chi connectivity index (χ1v) is 6.98. The van der Waals surface area contributed by atoms with E-state index in [1.165, 1.54) is 24.2 Å². The van der Waals surface area contributed by atoms with Crippen LogP contribution in [0.15, 0.2) is 24.3 Å². The number of fused-ring (bicyclic) bond motifs is 1. The van der Waals surface area contributed by atoms with E-state index in [-0.39, 0.29) is 0 Å². The van der Waals surface area contributed by atoms with Gasteiger partial charge in [0.05, 0.1) is 17.6 Å². The second kappa shape index (κ2) is 4.73. The normalized spacial score (nSPS) is 17.2. The van der Waals surface area contributed by atoms with Crippen LogP contribution in [0.25, 0.3) is 11.0 Å². The molecule has 96 valence electrons. The molecular formula is C15H21N3. The van der Waals surface area contributed by atoms with Gasteiger partial charge >= 0.3 is 0 Å². The zero-order chi connectivity index (χ0) is 12.5. The molecular weight excluding hydrogens is 222 g/mol. The molecule has 1 aliphatic rings. The maximum atomic E-state index is 4.78. The van der Waals surface area contributed by atoms with Crippen LogP contribution in [0.5, 0.6) is 0 Å². The Morgan fingerprint density at radius 1 is 1.39 bits per heavy atom. The van der Waals surface area contributed by atoms with E-state index < -0.39 is 0 Å². The van der Waals surface area contributed by atoms with E-state index in [0.717, 1.165) is 18.5 Å². The minimum absolute atomic E-state index is 0.553. The molecule has 1 aromatic carbocycles. The van der Waals surface area contributed by atoms with E-state index in [1.807, 2.05) is 0 Å². The van der Waals surface area contributed by atoms with Crippen LogP contribution in [0.2, 0.25) is 0 Å². The Kier molecular flexibility index (Phi) is 3.08. The van der Waals surface area contributed by atoms with Crippen molar-refractivity contribution in [3.8, 4) is 0 Å². The van der Waals surface area contributed by atoms with Gasteiger partial charge < -0.3 is 9.88 Å². The number of para-hydroxylation sites is 2. The standard InChI is InChI=1S/C15H21N3/c1-3-11(2)16-10-15-17-13-6-4-5-7-14(13)18(15)12-8-9-12/h4-7,11-12,16H,3,8-10H2,1-2H3. The summed E-state index contributed by atoms with van der Waals surface area (Å²) >= 11 is 0. The molecule has 1 aromatic heterocycles. The largest absolute Gasteiger partial charge is 0.324 e. The highest BCUT2D eigenvalue weighted by molar-refractivity contribution is 5.76. The Bertz CT molecular complexity index is 540. The van der Waals surface area contributed by atoms with Gasteiger partial charge in [0.15, 0.2) is 0 Å². The average molecular weight is 243 g/mol. The Labute approximate surface area is 108 Å². The number of benzene rings is 1. The number of imidazole rings is 1. The maximum Gasteiger partial charge on any atom is 0.124 e. The third kappa shape index (κ3) is 2.15. The van der Waals surface area contributed by atoms with Gasteiger partial charge in [-0.15, -0.1) is 0 Å². The van der Waals surface area contributed by atoms with Crippen molar-refractivity contribution >= 4 is 11.0 Å². The number of hydrogen-bond acceptors (Lipinski definition) is 2. The van der Waals surface area contributed by atoms with Crippen LogP contribution in [0, 0.1) is 0 Å². The molecule has 1 unspecified atom stereocenters. The molecule has 1 aliphatic carbocycles. The summed E-state index contributed by atoms with van der Waals surface area (Å²) in [4.78, 5) is 4.78. The first-order valence-electron chi connectivity index (χ1n) is 6.98. The molecule has 1 fully saturated rings. The quantitative estimate of drug-likeness (QED) is 0.873. The zero-order valence-corrected chi connectivity index (χ0v) is 11.2. The van der Waals surface area contributed by atoms with Crippen LogP contribution < -0.4 is 5.32 Å². The SMILES string of the molecule is CCC(C)NCc1nc2ccccc2n1C1CC1. The third-order valence-corrected chi connectivity index (χ3v) is 3.80. The second-order valence-electron chi connectivity index (χ2n) is 5.31. The van der Waals surface area contributed by atoms with Crippen LogP contribution in [0.4, 0.5) is 0 Å². The highest BCUT2D eigenvalue weighted by Gasteiger charge is 2.27.